The molecule has 122 valence electrons. The molecule has 1 heterocycles. The highest BCUT2D eigenvalue weighted by Gasteiger charge is 2.12. The van der Waals surface area contributed by atoms with E-state index >= 15 is 0 Å². The third kappa shape index (κ3) is 5.69. The highest BCUT2D eigenvalue weighted by atomic mass is 79.9. The zero-order valence-electron chi connectivity index (χ0n) is 12.6. The number of hydrogen-bond acceptors (Lipinski definition) is 4. The molecule has 0 unspecified atom stereocenters. The lowest BCUT2D eigenvalue weighted by Crippen LogP contribution is -2.33. The number of halogens is 1. The highest BCUT2D eigenvalue weighted by Crippen LogP contribution is 2.16. The number of furan rings is 1. The fraction of sp³-hybridized carbons (Fsp3) is 0.250. The maximum atomic E-state index is 11.9. The Morgan fingerprint density at radius 2 is 2.00 bits per heavy atom. The van der Waals surface area contributed by atoms with Gasteiger partial charge >= 0.3 is 0 Å². The number of anilines is 1. The molecule has 1 aromatic heterocycles. The van der Waals surface area contributed by atoms with Gasteiger partial charge in [0.05, 0.1) is 6.61 Å². The molecule has 5 nitrogen and oxygen atoms in total. The minimum absolute atomic E-state index is 0.181. The Bertz CT molecular complexity index is 670. The Balaban J connectivity index is 1.84. The fourth-order valence-corrected chi connectivity index (χ4v) is 2.25. The second-order valence-corrected chi connectivity index (χ2v) is 5.93. The molecular weight excluding hydrogens is 380 g/mol. The minimum atomic E-state index is -0.410. The van der Waals surface area contributed by atoms with Crippen LogP contribution in [0.25, 0.3) is 0 Å². The van der Waals surface area contributed by atoms with E-state index < -0.39 is 5.91 Å². The predicted molar refractivity (Wildman–Crippen MR) is 96.9 cm³/mol. The lowest BCUT2D eigenvalue weighted by atomic mass is 10.3. The van der Waals surface area contributed by atoms with Crippen molar-refractivity contribution in [2.24, 2.45) is 0 Å². The van der Waals surface area contributed by atoms with E-state index in [0.717, 1.165) is 24.3 Å². The number of hydrogen-bond donors (Lipinski definition) is 2. The van der Waals surface area contributed by atoms with Crippen LogP contribution in [0.1, 0.15) is 30.3 Å². The van der Waals surface area contributed by atoms with Gasteiger partial charge in [0.1, 0.15) is 5.75 Å². The van der Waals surface area contributed by atoms with Crippen molar-refractivity contribution in [3.05, 3.63) is 46.8 Å². The molecular formula is C16H17BrN2O3S. The van der Waals surface area contributed by atoms with Gasteiger partial charge in [-0.3, -0.25) is 10.1 Å². The Hall–Kier alpha value is -1.86. The monoisotopic (exact) mass is 396 g/mol. The summed E-state index contributed by atoms with van der Waals surface area (Å²) in [6.45, 7) is 2.82. The topological polar surface area (TPSA) is 63.5 Å². The molecule has 0 saturated carbocycles. The molecule has 23 heavy (non-hydrogen) atoms. The summed E-state index contributed by atoms with van der Waals surface area (Å²) < 4.78 is 11.2. The Labute approximate surface area is 148 Å². The van der Waals surface area contributed by atoms with E-state index in [4.69, 9.17) is 21.4 Å². The van der Waals surface area contributed by atoms with Crippen LogP contribution in [0.5, 0.6) is 5.75 Å². The molecule has 2 rings (SSSR count). The number of benzene rings is 1. The predicted octanol–water partition coefficient (Wildman–Crippen LogP) is 4.35. The Morgan fingerprint density at radius 1 is 1.26 bits per heavy atom. The molecule has 2 N–H and O–H groups in total. The minimum Gasteiger partial charge on any atom is -0.494 e. The van der Waals surface area contributed by atoms with Gasteiger partial charge in [-0.1, -0.05) is 13.3 Å². The lowest BCUT2D eigenvalue weighted by Gasteiger charge is -2.10. The van der Waals surface area contributed by atoms with Crippen LogP contribution in [0.4, 0.5) is 5.69 Å². The van der Waals surface area contributed by atoms with Crippen molar-refractivity contribution >= 4 is 44.9 Å². The molecule has 1 amide bonds. The molecule has 0 spiro atoms. The van der Waals surface area contributed by atoms with Crippen LogP contribution in [0.15, 0.2) is 45.5 Å². The van der Waals surface area contributed by atoms with Crippen LogP contribution < -0.4 is 15.4 Å². The molecule has 1 aromatic carbocycles. The third-order valence-electron chi connectivity index (χ3n) is 2.90. The third-order valence-corrected chi connectivity index (χ3v) is 3.53. The first-order valence-electron chi connectivity index (χ1n) is 7.19. The molecule has 0 aliphatic heterocycles. The van der Waals surface area contributed by atoms with E-state index in [-0.39, 0.29) is 10.9 Å². The number of carbonyl (C=O) groups excluding carboxylic acids is 1. The zero-order chi connectivity index (χ0) is 16.7. The van der Waals surface area contributed by atoms with Crippen molar-refractivity contribution in [3.8, 4) is 5.75 Å². The maximum Gasteiger partial charge on any atom is 0.293 e. The smallest absolute Gasteiger partial charge is 0.293 e. The zero-order valence-corrected chi connectivity index (χ0v) is 15.0. The van der Waals surface area contributed by atoms with Crippen LogP contribution in [0.2, 0.25) is 0 Å². The summed E-state index contributed by atoms with van der Waals surface area (Å²) >= 11 is 8.25. The number of unbranched alkanes of at least 4 members (excludes halogenated alkanes) is 1. The number of rotatable bonds is 6. The van der Waals surface area contributed by atoms with E-state index in [0.29, 0.717) is 11.3 Å². The van der Waals surface area contributed by atoms with E-state index in [1.807, 2.05) is 24.3 Å². The van der Waals surface area contributed by atoms with Gasteiger partial charge in [-0.25, -0.2) is 0 Å². The van der Waals surface area contributed by atoms with Crippen LogP contribution in [0.3, 0.4) is 0 Å². The summed E-state index contributed by atoms with van der Waals surface area (Å²) in [5.74, 6) is 0.577. The van der Waals surface area contributed by atoms with Crippen molar-refractivity contribution < 1.29 is 13.9 Å². The molecule has 0 atom stereocenters. The van der Waals surface area contributed by atoms with Crippen molar-refractivity contribution in [3.63, 3.8) is 0 Å². The molecule has 0 saturated heterocycles. The SMILES string of the molecule is CCCCOc1ccc(NC(=S)NC(=O)c2ccc(Br)o2)cc1. The first kappa shape index (κ1) is 17.5. The molecule has 0 aliphatic rings. The molecule has 0 radical (unpaired) electrons. The summed E-state index contributed by atoms with van der Waals surface area (Å²) in [5.41, 5.74) is 0.763. The Morgan fingerprint density at radius 3 is 2.61 bits per heavy atom. The van der Waals surface area contributed by atoms with E-state index in [1.54, 1.807) is 12.1 Å². The summed E-state index contributed by atoms with van der Waals surface area (Å²) in [6, 6.07) is 10.6. The van der Waals surface area contributed by atoms with Crippen LogP contribution in [0, 0.1) is 0 Å². The second-order valence-electron chi connectivity index (χ2n) is 4.74. The van der Waals surface area contributed by atoms with Gasteiger partial charge in [-0.15, -0.1) is 0 Å². The van der Waals surface area contributed by atoms with Crippen molar-refractivity contribution in [1.29, 1.82) is 0 Å². The van der Waals surface area contributed by atoms with E-state index in [2.05, 4.69) is 33.5 Å². The summed E-state index contributed by atoms with van der Waals surface area (Å²) in [5, 5.41) is 5.68. The van der Waals surface area contributed by atoms with Gasteiger partial charge in [-0.05, 0) is 71.0 Å². The van der Waals surface area contributed by atoms with Gasteiger partial charge in [-0.2, -0.15) is 0 Å². The Kier molecular flexibility index (Phi) is 6.61. The maximum absolute atomic E-state index is 11.9. The van der Waals surface area contributed by atoms with Crippen LogP contribution in [-0.4, -0.2) is 17.6 Å². The van der Waals surface area contributed by atoms with Crippen molar-refractivity contribution in [2.45, 2.75) is 19.8 Å². The van der Waals surface area contributed by atoms with Gasteiger partial charge in [0.25, 0.3) is 5.91 Å². The number of amides is 1. The normalized spacial score (nSPS) is 10.2. The van der Waals surface area contributed by atoms with E-state index in [1.165, 1.54) is 0 Å². The number of carbonyl (C=O) groups is 1. The largest absolute Gasteiger partial charge is 0.494 e. The second kappa shape index (κ2) is 8.69. The van der Waals surface area contributed by atoms with Gasteiger partial charge in [0.2, 0.25) is 0 Å². The number of nitrogens with one attached hydrogen (secondary N) is 2. The molecule has 2 aromatic rings. The summed E-state index contributed by atoms with van der Waals surface area (Å²) in [6.07, 6.45) is 2.12. The van der Waals surface area contributed by atoms with Crippen molar-refractivity contribution in [1.82, 2.24) is 5.32 Å². The quantitative estimate of drug-likeness (QED) is 0.561. The summed E-state index contributed by atoms with van der Waals surface area (Å²) in [7, 11) is 0. The van der Waals surface area contributed by atoms with E-state index in [9.17, 15) is 4.79 Å². The first-order valence-corrected chi connectivity index (χ1v) is 8.39. The average molecular weight is 397 g/mol. The molecule has 0 aliphatic carbocycles. The molecule has 7 heteroatoms. The molecule has 0 bridgehead atoms. The standard InChI is InChI=1S/C16H17BrN2O3S/c1-2-3-10-21-12-6-4-11(5-7-12)18-16(23)19-15(20)13-8-9-14(17)22-13/h4-9H,2-3,10H2,1H3,(H2,18,19,20,23). The first-order chi connectivity index (χ1) is 11.1. The number of ether oxygens (including phenoxy) is 1. The number of thiocarbonyl (C=S) groups is 1. The van der Waals surface area contributed by atoms with Crippen molar-refractivity contribution in [2.75, 3.05) is 11.9 Å². The van der Waals surface area contributed by atoms with Gasteiger partial charge in [0, 0.05) is 5.69 Å². The van der Waals surface area contributed by atoms with Gasteiger partial charge in [0.15, 0.2) is 15.5 Å². The van der Waals surface area contributed by atoms with Crippen LogP contribution in [-0.2, 0) is 0 Å². The molecule has 0 fully saturated rings. The van der Waals surface area contributed by atoms with Crippen LogP contribution >= 0.6 is 28.1 Å². The fourth-order valence-electron chi connectivity index (χ4n) is 1.73. The summed E-state index contributed by atoms with van der Waals surface area (Å²) in [4.78, 5) is 11.9. The highest BCUT2D eigenvalue weighted by molar-refractivity contribution is 9.10. The average Bonchev–Trinajstić information content (AvgIpc) is 2.96. The van der Waals surface area contributed by atoms with Gasteiger partial charge < -0.3 is 14.5 Å². The lowest BCUT2D eigenvalue weighted by molar-refractivity contribution is 0.0949.